The fraction of sp³-hybridized carbons (Fsp3) is 0.474. The molecule has 0 bridgehead atoms. The Hall–Kier alpha value is -2.35. The van der Waals surface area contributed by atoms with Crippen molar-refractivity contribution in [3.8, 4) is 11.3 Å². The highest BCUT2D eigenvalue weighted by Gasteiger charge is 2.31. The van der Waals surface area contributed by atoms with E-state index in [-0.39, 0.29) is 17.7 Å². The first-order valence-electron chi connectivity index (χ1n) is 9.09. The van der Waals surface area contributed by atoms with E-state index in [9.17, 15) is 18.0 Å². The molecule has 1 saturated carbocycles. The van der Waals surface area contributed by atoms with Crippen molar-refractivity contribution in [2.45, 2.75) is 37.8 Å². The molecule has 2 aromatic rings. The zero-order chi connectivity index (χ0) is 19.4. The molecule has 0 atom stereocenters. The van der Waals surface area contributed by atoms with Crippen molar-refractivity contribution in [3.63, 3.8) is 0 Å². The molecule has 0 unspecified atom stereocenters. The number of benzene rings is 1. The van der Waals surface area contributed by atoms with Gasteiger partial charge in [0.25, 0.3) is 0 Å². The monoisotopic (exact) mass is 380 g/mol. The van der Waals surface area contributed by atoms with Crippen molar-refractivity contribution >= 4 is 5.91 Å². The fourth-order valence-corrected chi connectivity index (χ4v) is 3.52. The number of amides is 1. The summed E-state index contributed by atoms with van der Waals surface area (Å²) >= 11 is 0. The molecule has 1 aromatic carbocycles. The van der Waals surface area contributed by atoms with Gasteiger partial charge in [0.1, 0.15) is 5.82 Å². The third kappa shape index (κ3) is 4.68. The summed E-state index contributed by atoms with van der Waals surface area (Å²) in [5.74, 6) is 0.986. The molecule has 146 valence electrons. The zero-order valence-corrected chi connectivity index (χ0v) is 14.9. The van der Waals surface area contributed by atoms with Crippen LogP contribution in [0.15, 0.2) is 30.5 Å². The van der Waals surface area contributed by atoms with Crippen LogP contribution in [0.5, 0.6) is 0 Å². The van der Waals surface area contributed by atoms with Gasteiger partial charge in [-0.15, -0.1) is 0 Å². The molecule has 5 nitrogen and oxygen atoms in total. The summed E-state index contributed by atoms with van der Waals surface area (Å²) in [6.45, 7) is 0.906. The number of halogens is 3. The Morgan fingerprint density at radius 1 is 1.26 bits per heavy atom. The van der Waals surface area contributed by atoms with Crippen LogP contribution >= 0.6 is 0 Å². The first kappa shape index (κ1) is 19.4. The summed E-state index contributed by atoms with van der Waals surface area (Å²) in [7, 11) is 0. The molecule has 3 rings (SSSR count). The van der Waals surface area contributed by atoms with Gasteiger partial charge in [0.05, 0.1) is 17.5 Å². The van der Waals surface area contributed by atoms with E-state index in [1.807, 2.05) is 0 Å². The predicted octanol–water partition coefficient (Wildman–Crippen LogP) is 3.44. The Labute approximate surface area is 155 Å². The number of H-pyrrole nitrogens is 1. The van der Waals surface area contributed by atoms with Crippen molar-refractivity contribution in [1.29, 1.82) is 0 Å². The summed E-state index contributed by atoms with van der Waals surface area (Å²) in [6, 6.07) is 5.20. The van der Waals surface area contributed by atoms with E-state index in [0.29, 0.717) is 24.3 Å². The number of aromatic amines is 1. The van der Waals surface area contributed by atoms with Crippen molar-refractivity contribution in [3.05, 3.63) is 41.9 Å². The molecule has 1 heterocycles. The lowest BCUT2D eigenvalue weighted by Crippen LogP contribution is -2.35. The van der Waals surface area contributed by atoms with Crippen molar-refractivity contribution in [2.75, 3.05) is 13.1 Å². The van der Waals surface area contributed by atoms with Gasteiger partial charge in [-0.05, 0) is 37.8 Å². The third-order valence-corrected chi connectivity index (χ3v) is 5.02. The largest absolute Gasteiger partial charge is 0.416 e. The summed E-state index contributed by atoms with van der Waals surface area (Å²) in [5.41, 5.74) is 5.74. The average Bonchev–Trinajstić information content (AvgIpc) is 3.16. The quantitative estimate of drug-likeness (QED) is 0.743. The summed E-state index contributed by atoms with van der Waals surface area (Å²) in [4.78, 5) is 19.6. The number of nitrogens with one attached hydrogen (secondary N) is 2. The highest BCUT2D eigenvalue weighted by molar-refractivity contribution is 5.78. The van der Waals surface area contributed by atoms with Gasteiger partial charge in [0.15, 0.2) is 0 Å². The smallest absolute Gasteiger partial charge is 0.355 e. The minimum Gasteiger partial charge on any atom is -0.355 e. The van der Waals surface area contributed by atoms with Crippen LogP contribution in [-0.2, 0) is 11.0 Å². The molecular formula is C19H23F3N4O. The van der Waals surface area contributed by atoms with Gasteiger partial charge in [-0.25, -0.2) is 4.98 Å². The van der Waals surface area contributed by atoms with Crippen LogP contribution in [0.2, 0.25) is 0 Å². The Morgan fingerprint density at radius 3 is 2.67 bits per heavy atom. The van der Waals surface area contributed by atoms with Gasteiger partial charge in [-0.2, -0.15) is 13.2 Å². The Balaban J connectivity index is 1.65. The molecule has 4 N–H and O–H groups in total. The van der Waals surface area contributed by atoms with E-state index in [1.165, 1.54) is 6.07 Å². The summed E-state index contributed by atoms with van der Waals surface area (Å²) < 4.78 is 38.7. The molecule has 1 fully saturated rings. The van der Waals surface area contributed by atoms with Crippen LogP contribution in [0.1, 0.15) is 43.0 Å². The third-order valence-electron chi connectivity index (χ3n) is 5.02. The van der Waals surface area contributed by atoms with E-state index < -0.39 is 11.7 Å². The fourth-order valence-electron chi connectivity index (χ4n) is 3.52. The lowest BCUT2D eigenvalue weighted by molar-refractivity contribution is -0.137. The highest BCUT2D eigenvalue weighted by atomic mass is 19.4. The van der Waals surface area contributed by atoms with Crippen LogP contribution in [0.4, 0.5) is 13.2 Å². The molecule has 0 spiro atoms. The summed E-state index contributed by atoms with van der Waals surface area (Å²) in [5, 5.41) is 2.82. The lowest BCUT2D eigenvalue weighted by Gasteiger charge is -2.26. The van der Waals surface area contributed by atoms with Gasteiger partial charge in [-0.1, -0.05) is 12.1 Å². The number of nitrogens with zero attached hydrogens (tertiary/aromatic N) is 1. The second-order valence-corrected chi connectivity index (χ2v) is 6.89. The minimum absolute atomic E-state index is 0.00861. The minimum atomic E-state index is -4.37. The Morgan fingerprint density at radius 2 is 2.00 bits per heavy atom. The van der Waals surface area contributed by atoms with Crippen molar-refractivity contribution < 1.29 is 18.0 Å². The van der Waals surface area contributed by atoms with E-state index >= 15 is 0 Å². The van der Waals surface area contributed by atoms with Gasteiger partial charge in [-0.3, -0.25) is 4.79 Å². The van der Waals surface area contributed by atoms with E-state index in [2.05, 4.69) is 15.3 Å². The first-order chi connectivity index (χ1) is 12.9. The van der Waals surface area contributed by atoms with Gasteiger partial charge < -0.3 is 16.0 Å². The molecule has 0 aliphatic heterocycles. The van der Waals surface area contributed by atoms with Crippen LogP contribution in [0.3, 0.4) is 0 Å². The van der Waals surface area contributed by atoms with Gasteiger partial charge >= 0.3 is 6.18 Å². The van der Waals surface area contributed by atoms with E-state index in [1.54, 1.807) is 12.3 Å². The first-order valence-corrected chi connectivity index (χ1v) is 9.09. The SMILES string of the molecule is NCCNC(=O)C1CCC(c2ncc(-c3cccc(C(F)(F)F)c3)[nH]2)CC1. The zero-order valence-electron chi connectivity index (χ0n) is 14.9. The molecule has 0 saturated heterocycles. The number of aromatic nitrogens is 2. The normalized spacial score (nSPS) is 20.4. The Kier molecular flexibility index (Phi) is 5.84. The highest BCUT2D eigenvalue weighted by Crippen LogP contribution is 2.36. The number of nitrogens with two attached hydrogens (primary N) is 1. The second kappa shape index (κ2) is 8.12. The molecule has 8 heteroatoms. The number of alkyl halides is 3. The maximum Gasteiger partial charge on any atom is 0.416 e. The van der Waals surface area contributed by atoms with E-state index in [4.69, 9.17) is 5.73 Å². The summed E-state index contributed by atoms with van der Waals surface area (Å²) in [6.07, 6.45) is 0.362. The molecular weight excluding hydrogens is 357 g/mol. The molecule has 1 aromatic heterocycles. The number of carbonyl (C=O) groups is 1. The van der Waals surface area contributed by atoms with Crippen molar-refractivity contribution in [1.82, 2.24) is 15.3 Å². The van der Waals surface area contributed by atoms with E-state index in [0.717, 1.165) is 43.6 Å². The Bertz CT molecular complexity index is 779. The average molecular weight is 380 g/mol. The second-order valence-electron chi connectivity index (χ2n) is 6.89. The topological polar surface area (TPSA) is 83.8 Å². The maximum absolute atomic E-state index is 12.9. The lowest BCUT2D eigenvalue weighted by atomic mass is 9.81. The molecule has 1 aliphatic rings. The van der Waals surface area contributed by atoms with Gasteiger partial charge in [0, 0.05) is 30.5 Å². The van der Waals surface area contributed by atoms with Crippen LogP contribution < -0.4 is 11.1 Å². The number of hydrogen-bond donors (Lipinski definition) is 3. The molecule has 1 aliphatic carbocycles. The molecule has 1 amide bonds. The number of imidazole rings is 1. The van der Waals surface area contributed by atoms with Gasteiger partial charge in [0.2, 0.25) is 5.91 Å². The van der Waals surface area contributed by atoms with Crippen LogP contribution in [0.25, 0.3) is 11.3 Å². The number of carbonyl (C=O) groups excluding carboxylic acids is 1. The van der Waals surface area contributed by atoms with Crippen LogP contribution in [0, 0.1) is 5.92 Å². The standard InChI is InChI=1S/C19H23F3N4O/c20-19(21,22)15-3-1-2-14(10-15)16-11-25-17(26-16)12-4-6-13(7-5-12)18(27)24-9-8-23/h1-3,10-13H,4-9,23H2,(H,24,27)(H,25,26). The number of rotatable bonds is 5. The maximum atomic E-state index is 12.9. The molecule has 27 heavy (non-hydrogen) atoms. The van der Waals surface area contributed by atoms with Crippen LogP contribution in [-0.4, -0.2) is 29.0 Å². The molecule has 0 radical (unpaired) electrons. The predicted molar refractivity (Wildman–Crippen MR) is 95.8 cm³/mol. The van der Waals surface area contributed by atoms with Crippen molar-refractivity contribution in [2.24, 2.45) is 11.7 Å². The number of hydrogen-bond acceptors (Lipinski definition) is 3.